The van der Waals surface area contributed by atoms with E-state index in [2.05, 4.69) is 29.1 Å². The molecule has 2 rings (SSSR count). The van der Waals surface area contributed by atoms with Crippen LogP contribution in [0.5, 0.6) is 5.75 Å². The molecule has 0 aliphatic rings. The molecule has 1 unspecified atom stereocenters. The molecule has 1 aromatic carbocycles. The largest absolute Gasteiger partial charge is 0.496 e. The second-order valence-corrected chi connectivity index (χ2v) is 5.39. The number of methoxy groups -OCH3 is 1. The van der Waals surface area contributed by atoms with Crippen molar-refractivity contribution < 1.29 is 4.74 Å². The maximum absolute atomic E-state index is 5.97. The molecule has 0 bridgehead atoms. The lowest BCUT2D eigenvalue weighted by Gasteiger charge is -2.19. The Hall–Kier alpha value is -1.91. The molecule has 21 heavy (non-hydrogen) atoms. The van der Waals surface area contributed by atoms with Gasteiger partial charge in [0.15, 0.2) is 0 Å². The molecule has 2 N–H and O–H groups in total. The average Bonchev–Trinajstić information content (AvgIpc) is 2.48. The van der Waals surface area contributed by atoms with Crippen molar-refractivity contribution in [3.63, 3.8) is 0 Å². The quantitative estimate of drug-likeness (QED) is 0.886. The summed E-state index contributed by atoms with van der Waals surface area (Å²) in [6.45, 7) is 3.64. The van der Waals surface area contributed by atoms with Crippen molar-refractivity contribution in [2.45, 2.75) is 26.1 Å². The molecule has 0 fully saturated rings. The molecule has 0 radical (unpaired) electrons. The van der Waals surface area contributed by atoms with Crippen LogP contribution in [0.25, 0.3) is 0 Å². The molecule has 1 heterocycles. The first-order chi connectivity index (χ1) is 10.1. The average molecular weight is 285 g/mol. The van der Waals surface area contributed by atoms with Gasteiger partial charge >= 0.3 is 0 Å². The van der Waals surface area contributed by atoms with E-state index in [0.29, 0.717) is 0 Å². The zero-order chi connectivity index (χ0) is 15.2. The molecule has 0 saturated heterocycles. The summed E-state index contributed by atoms with van der Waals surface area (Å²) in [6, 6.07) is 10.2. The minimum atomic E-state index is 0.0262. The molecular formula is C17H23N3O. The second-order valence-electron chi connectivity index (χ2n) is 5.39. The summed E-state index contributed by atoms with van der Waals surface area (Å²) < 4.78 is 5.45. The first kappa shape index (κ1) is 15.5. The molecule has 0 saturated carbocycles. The van der Waals surface area contributed by atoms with Gasteiger partial charge in [-0.1, -0.05) is 12.1 Å². The van der Waals surface area contributed by atoms with E-state index in [9.17, 15) is 0 Å². The fourth-order valence-corrected chi connectivity index (χ4v) is 2.36. The molecule has 2 aromatic rings. The van der Waals surface area contributed by atoms with Crippen LogP contribution in [0, 0.1) is 0 Å². The summed E-state index contributed by atoms with van der Waals surface area (Å²) in [5.74, 6) is 0.900. The number of aromatic nitrogens is 1. The van der Waals surface area contributed by atoms with Crippen molar-refractivity contribution in [1.29, 1.82) is 0 Å². The molecular weight excluding hydrogens is 262 g/mol. The summed E-state index contributed by atoms with van der Waals surface area (Å²) in [6.07, 6.45) is 3.69. The molecule has 112 valence electrons. The highest BCUT2D eigenvalue weighted by Crippen LogP contribution is 2.24. The molecule has 0 aliphatic heterocycles. The summed E-state index contributed by atoms with van der Waals surface area (Å²) in [7, 11) is 3.79. The third kappa shape index (κ3) is 4.28. The molecule has 4 heteroatoms. The van der Waals surface area contributed by atoms with Crippen molar-refractivity contribution in [3.05, 3.63) is 59.4 Å². The second kappa shape index (κ2) is 7.20. The van der Waals surface area contributed by atoms with E-state index in [1.165, 1.54) is 5.56 Å². The van der Waals surface area contributed by atoms with Gasteiger partial charge in [-0.25, -0.2) is 0 Å². The van der Waals surface area contributed by atoms with Gasteiger partial charge in [0.25, 0.3) is 0 Å². The third-order valence-corrected chi connectivity index (χ3v) is 3.45. The van der Waals surface area contributed by atoms with E-state index < -0.39 is 0 Å². The first-order valence-electron chi connectivity index (χ1n) is 7.10. The van der Waals surface area contributed by atoms with E-state index >= 15 is 0 Å². The van der Waals surface area contributed by atoms with Gasteiger partial charge in [-0.05, 0) is 43.3 Å². The van der Waals surface area contributed by atoms with E-state index in [0.717, 1.165) is 30.0 Å². The fraction of sp³-hybridized carbons (Fsp3) is 0.353. The van der Waals surface area contributed by atoms with E-state index in [1.54, 1.807) is 13.3 Å². The highest BCUT2D eigenvalue weighted by molar-refractivity contribution is 5.38. The van der Waals surface area contributed by atoms with Crippen LogP contribution in [0.4, 0.5) is 0 Å². The minimum absolute atomic E-state index is 0.0262. The van der Waals surface area contributed by atoms with Crippen LogP contribution in [0.1, 0.15) is 29.7 Å². The lowest BCUT2D eigenvalue weighted by Crippen LogP contribution is -2.18. The lowest BCUT2D eigenvalue weighted by molar-refractivity contribution is 0.309. The van der Waals surface area contributed by atoms with Crippen molar-refractivity contribution >= 4 is 0 Å². The number of benzene rings is 1. The Bertz CT molecular complexity index is 570. The summed E-state index contributed by atoms with van der Waals surface area (Å²) in [5, 5.41) is 0. The number of ether oxygens (including phenoxy) is 1. The van der Waals surface area contributed by atoms with Crippen LogP contribution >= 0.6 is 0 Å². The number of hydrogen-bond acceptors (Lipinski definition) is 4. The molecule has 0 amide bonds. The van der Waals surface area contributed by atoms with Gasteiger partial charge in [-0.2, -0.15) is 0 Å². The van der Waals surface area contributed by atoms with E-state index in [1.807, 2.05) is 31.3 Å². The fourth-order valence-electron chi connectivity index (χ4n) is 2.36. The van der Waals surface area contributed by atoms with Gasteiger partial charge < -0.3 is 10.5 Å². The molecule has 0 spiro atoms. The summed E-state index contributed by atoms with van der Waals surface area (Å²) in [5.41, 5.74) is 9.44. The standard InChI is InChI=1S/C17H23N3O/c1-13(18)15-6-7-17(21-3)16(9-15)12-20(2)11-14-5-4-8-19-10-14/h4-10,13H,11-12,18H2,1-3H3. The SMILES string of the molecule is COc1ccc(C(C)N)cc1CN(C)Cc1cccnc1. The topological polar surface area (TPSA) is 51.4 Å². The van der Waals surface area contributed by atoms with Gasteiger partial charge in [0.2, 0.25) is 0 Å². The normalized spacial score (nSPS) is 12.4. The Balaban J connectivity index is 2.12. The predicted octanol–water partition coefficient (Wildman–Crippen LogP) is 2.74. The highest BCUT2D eigenvalue weighted by atomic mass is 16.5. The van der Waals surface area contributed by atoms with Crippen molar-refractivity contribution in [2.75, 3.05) is 14.2 Å². The van der Waals surface area contributed by atoms with Crippen LogP contribution in [-0.2, 0) is 13.1 Å². The van der Waals surface area contributed by atoms with Crippen LogP contribution in [0.2, 0.25) is 0 Å². The van der Waals surface area contributed by atoms with Crippen LogP contribution < -0.4 is 10.5 Å². The Morgan fingerprint density at radius 3 is 2.71 bits per heavy atom. The number of pyridine rings is 1. The van der Waals surface area contributed by atoms with Crippen LogP contribution in [0.15, 0.2) is 42.7 Å². The zero-order valence-corrected chi connectivity index (χ0v) is 12.9. The predicted molar refractivity (Wildman–Crippen MR) is 85.0 cm³/mol. The summed E-state index contributed by atoms with van der Waals surface area (Å²) >= 11 is 0. The van der Waals surface area contributed by atoms with Gasteiger partial charge in [0.1, 0.15) is 5.75 Å². The Kier molecular flexibility index (Phi) is 5.31. The monoisotopic (exact) mass is 285 g/mol. The maximum atomic E-state index is 5.97. The highest BCUT2D eigenvalue weighted by Gasteiger charge is 2.10. The summed E-state index contributed by atoms with van der Waals surface area (Å²) in [4.78, 5) is 6.38. The Morgan fingerprint density at radius 1 is 1.29 bits per heavy atom. The van der Waals surface area contributed by atoms with Gasteiger partial charge in [0, 0.05) is 37.1 Å². The smallest absolute Gasteiger partial charge is 0.123 e. The first-order valence-corrected chi connectivity index (χ1v) is 7.10. The zero-order valence-electron chi connectivity index (χ0n) is 12.9. The van der Waals surface area contributed by atoms with Gasteiger partial charge in [-0.15, -0.1) is 0 Å². The van der Waals surface area contributed by atoms with Crippen molar-refractivity contribution in [3.8, 4) is 5.75 Å². The van der Waals surface area contributed by atoms with Crippen LogP contribution in [-0.4, -0.2) is 24.0 Å². The third-order valence-electron chi connectivity index (χ3n) is 3.45. The van der Waals surface area contributed by atoms with Gasteiger partial charge in [-0.3, -0.25) is 9.88 Å². The Morgan fingerprint density at radius 2 is 2.10 bits per heavy atom. The number of hydrogen-bond donors (Lipinski definition) is 1. The molecule has 1 aromatic heterocycles. The van der Waals surface area contributed by atoms with E-state index in [4.69, 9.17) is 10.5 Å². The minimum Gasteiger partial charge on any atom is -0.496 e. The lowest BCUT2D eigenvalue weighted by atomic mass is 10.0. The molecule has 0 aliphatic carbocycles. The number of nitrogens with two attached hydrogens (primary N) is 1. The van der Waals surface area contributed by atoms with Crippen molar-refractivity contribution in [2.24, 2.45) is 5.73 Å². The van der Waals surface area contributed by atoms with Gasteiger partial charge in [0.05, 0.1) is 7.11 Å². The maximum Gasteiger partial charge on any atom is 0.123 e. The van der Waals surface area contributed by atoms with Crippen LogP contribution in [0.3, 0.4) is 0 Å². The van der Waals surface area contributed by atoms with Crippen molar-refractivity contribution in [1.82, 2.24) is 9.88 Å². The molecule has 1 atom stereocenters. The molecule has 4 nitrogen and oxygen atoms in total. The Labute approximate surface area is 126 Å². The number of nitrogens with zero attached hydrogens (tertiary/aromatic N) is 2. The van der Waals surface area contributed by atoms with E-state index in [-0.39, 0.29) is 6.04 Å². The number of rotatable bonds is 6.